The van der Waals surface area contributed by atoms with E-state index in [4.69, 9.17) is 4.74 Å². The summed E-state index contributed by atoms with van der Waals surface area (Å²) in [6.07, 6.45) is 3.23. The maximum absolute atomic E-state index is 12.0. The van der Waals surface area contributed by atoms with Crippen molar-refractivity contribution >= 4 is 11.9 Å². The molecule has 0 radical (unpaired) electrons. The van der Waals surface area contributed by atoms with E-state index in [9.17, 15) is 4.79 Å². The normalized spacial score (nSPS) is 10.5. The molecule has 1 heterocycles. The number of ether oxygens (including phenoxy) is 1. The molecule has 0 saturated carbocycles. The van der Waals surface area contributed by atoms with Crippen molar-refractivity contribution in [3.05, 3.63) is 42.2 Å². The second-order valence-corrected chi connectivity index (χ2v) is 4.62. The highest BCUT2D eigenvalue weighted by molar-refractivity contribution is 6.03. The summed E-state index contributed by atoms with van der Waals surface area (Å²) < 4.78 is 5.59. The Morgan fingerprint density at radius 3 is 3.00 bits per heavy atom. The molecule has 100 valence electrons. The molecule has 0 unspecified atom stereocenters. The Bertz CT molecular complexity index is 535. The number of aromatic nitrogens is 2. The number of carbonyl (C=O) groups is 1. The molecule has 2 N–H and O–H groups in total. The number of imidazole rings is 1. The number of benzene rings is 1. The fourth-order valence-electron chi connectivity index (χ4n) is 1.50. The average molecular weight is 259 g/mol. The highest BCUT2D eigenvalue weighted by Crippen LogP contribution is 2.15. The summed E-state index contributed by atoms with van der Waals surface area (Å²) in [4.78, 5) is 18.7. The van der Waals surface area contributed by atoms with Gasteiger partial charge >= 0.3 is 0 Å². The van der Waals surface area contributed by atoms with Crippen LogP contribution in [0.3, 0.4) is 0 Å². The maximum Gasteiger partial charge on any atom is 0.258 e. The smallest absolute Gasteiger partial charge is 0.258 e. The number of hydrogen-bond acceptors (Lipinski definition) is 3. The first-order valence-corrected chi connectivity index (χ1v) is 6.19. The highest BCUT2D eigenvalue weighted by Gasteiger charge is 2.08. The summed E-state index contributed by atoms with van der Waals surface area (Å²) in [5.41, 5.74) is 0.539. The molecule has 0 aliphatic heterocycles. The van der Waals surface area contributed by atoms with Crippen LogP contribution in [0, 0.1) is 5.92 Å². The quantitative estimate of drug-likeness (QED) is 0.867. The zero-order valence-corrected chi connectivity index (χ0v) is 11.0. The van der Waals surface area contributed by atoms with Gasteiger partial charge in [0.15, 0.2) is 0 Å². The lowest BCUT2D eigenvalue weighted by Gasteiger charge is -2.09. The van der Waals surface area contributed by atoms with Gasteiger partial charge in [-0.2, -0.15) is 0 Å². The molecule has 19 heavy (non-hydrogen) atoms. The van der Waals surface area contributed by atoms with E-state index in [2.05, 4.69) is 29.1 Å². The number of amides is 1. The van der Waals surface area contributed by atoms with E-state index in [1.807, 2.05) is 6.07 Å². The van der Waals surface area contributed by atoms with E-state index in [1.165, 1.54) is 0 Å². The Balaban J connectivity index is 2.03. The molecule has 0 aliphatic carbocycles. The molecule has 5 heteroatoms. The number of aromatic amines is 1. The lowest BCUT2D eigenvalue weighted by Crippen LogP contribution is -2.13. The van der Waals surface area contributed by atoms with E-state index in [0.29, 0.717) is 29.8 Å². The standard InChI is InChI=1S/C14H17N3O2/c1-10(2)9-19-12-5-3-4-11(8-12)13(18)17-14-15-6-7-16-14/h3-8,10H,9H2,1-2H3,(H2,15,16,17,18). The fraction of sp³-hybridized carbons (Fsp3) is 0.286. The van der Waals surface area contributed by atoms with Crippen molar-refractivity contribution in [2.24, 2.45) is 5.92 Å². The van der Waals surface area contributed by atoms with Gasteiger partial charge in [0.1, 0.15) is 5.75 Å². The first-order chi connectivity index (χ1) is 9.15. The number of nitrogens with zero attached hydrogens (tertiary/aromatic N) is 1. The van der Waals surface area contributed by atoms with Gasteiger partial charge in [-0.15, -0.1) is 0 Å². The first kappa shape index (κ1) is 13.1. The molecule has 0 fully saturated rings. The minimum absolute atomic E-state index is 0.218. The maximum atomic E-state index is 12.0. The van der Waals surface area contributed by atoms with Gasteiger partial charge < -0.3 is 9.72 Å². The SMILES string of the molecule is CC(C)COc1cccc(C(=O)Nc2ncc[nH]2)c1. The van der Waals surface area contributed by atoms with Gasteiger partial charge in [0.05, 0.1) is 6.61 Å². The van der Waals surface area contributed by atoms with E-state index < -0.39 is 0 Å². The summed E-state index contributed by atoms with van der Waals surface area (Å²) in [6.45, 7) is 4.78. The predicted molar refractivity (Wildman–Crippen MR) is 73.3 cm³/mol. The molecule has 2 aromatic rings. The molecule has 0 saturated heterocycles. The van der Waals surface area contributed by atoms with E-state index in [1.54, 1.807) is 30.6 Å². The summed E-state index contributed by atoms with van der Waals surface area (Å²) in [5, 5.41) is 2.67. The number of rotatable bonds is 5. The van der Waals surface area contributed by atoms with Gasteiger partial charge in [-0.25, -0.2) is 4.98 Å². The van der Waals surface area contributed by atoms with Gasteiger partial charge in [-0.1, -0.05) is 19.9 Å². The van der Waals surface area contributed by atoms with E-state index in [-0.39, 0.29) is 5.91 Å². The first-order valence-electron chi connectivity index (χ1n) is 6.19. The van der Waals surface area contributed by atoms with E-state index >= 15 is 0 Å². The van der Waals surface area contributed by atoms with Crippen molar-refractivity contribution in [3.63, 3.8) is 0 Å². The number of H-pyrrole nitrogens is 1. The Labute approximate surface area is 112 Å². The van der Waals surface area contributed by atoms with Crippen LogP contribution < -0.4 is 10.1 Å². The minimum Gasteiger partial charge on any atom is -0.493 e. The third-order valence-electron chi connectivity index (χ3n) is 2.41. The molecule has 1 aromatic carbocycles. The molecular formula is C14H17N3O2. The van der Waals surface area contributed by atoms with Crippen LogP contribution >= 0.6 is 0 Å². The number of anilines is 1. The molecule has 1 amide bonds. The van der Waals surface area contributed by atoms with Crippen LogP contribution in [0.2, 0.25) is 0 Å². The van der Waals surface area contributed by atoms with Crippen molar-refractivity contribution in [2.45, 2.75) is 13.8 Å². The van der Waals surface area contributed by atoms with Gasteiger partial charge in [0.2, 0.25) is 5.95 Å². The van der Waals surface area contributed by atoms with Crippen LogP contribution in [0.15, 0.2) is 36.7 Å². The topological polar surface area (TPSA) is 67.0 Å². The molecule has 0 atom stereocenters. The Morgan fingerprint density at radius 1 is 1.47 bits per heavy atom. The highest BCUT2D eigenvalue weighted by atomic mass is 16.5. The molecule has 0 bridgehead atoms. The Morgan fingerprint density at radius 2 is 2.32 bits per heavy atom. The van der Waals surface area contributed by atoms with Crippen LogP contribution in [0.25, 0.3) is 0 Å². The second-order valence-electron chi connectivity index (χ2n) is 4.62. The summed E-state index contributed by atoms with van der Waals surface area (Å²) in [6, 6.07) is 7.10. The third-order valence-corrected chi connectivity index (χ3v) is 2.41. The average Bonchev–Trinajstić information content (AvgIpc) is 2.89. The van der Waals surface area contributed by atoms with Gasteiger partial charge in [-0.3, -0.25) is 10.1 Å². The summed E-state index contributed by atoms with van der Waals surface area (Å²) >= 11 is 0. The fourth-order valence-corrected chi connectivity index (χ4v) is 1.50. The minimum atomic E-state index is -0.218. The second kappa shape index (κ2) is 6.04. The van der Waals surface area contributed by atoms with Crippen LogP contribution in [-0.4, -0.2) is 22.5 Å². The van der Waals surface area contributed by atoms with Crippen molar-refractivity contribution in [1.82, 2.24) is 9.97 Å². The molecule has 0 aliphatic rings. The molecule has 1 aromatic heterocycles. The van der Waals surface area contributed by atoms with Crippen molar-refractivity contribution in [1.29, 1.82) is 0 Å². The van der Waals surface area contributed by atoms with Crippen LogP contribution in [0.4, 0.5) is 5.95 Å². The van der Waals surface area contributed by atoms with Gasteiger partial charge in [0, 0.05) is 18.0 Å². The van der Waals surface area contributed by atoms with Crippen molar-refractivity contribution < 1.29 is 9.53 Å². The summed E-state index contributed by atoms with van der Waals surface area (Å²) in [7, 11) is 0. The number of hydrogen-bond donors (Lipinski definition) is 2. The predicted octanol–water partition coefficient (Wildman–Crippen LogP) is 2.70. The monoisotopic (exact) mass is 259 g/mol. The Hall–Kier alpha value is -2.30. The van der Waals surface area contributed by atoms with Gasteiger partial charge in [0.25, 0.3) is 5.91 Å². The van der Waals surface area contributed by atoms with E-state index in [0.717, 1.165) is 0 Å². The molecular weight excluding hydrogens is 242 g/mol. The van der Waals surface area contributed by atoms with Crippen molar-refractivity contribution in [3.8, 4) is 5.75 Å². The molecule has 0 spiro atoms. The molecule has 2 rings (SSSR count). The van der Waals surface area contributed by atoms with Gasteiger partial charge in [-0.05, 0) is 24.1 Å². The third kappa shape index (κ3) is 3.84. The summed E-state index contributed by atoms with van der Waals surface area (Å²) in [5.74, 6) is 1.35. The number of carbonyl (C=O) groups excluding carboxylic acids is 1. The zero-order valence-electron chi connectivity index (χ0n) is 11.0. The Kier molecular flexibility index (Phi) is 4.18. The molecule has 5 nitrogen and oxygen atoms in total. The zero-order chi connectivity index (χ0) is 13.7. The van der Waals surface area contributed by atoms with Crippen LogP contribution in [-0.2, 0) is 0 Å². The van der Waals surface area contributed by atoms with Crippen LogP contribution in [0.1, 0.15) is 24.2 Å². The van der Waals surface area contributed by atoms with Crippen molar-refractivity contribution in [2.75, 3.05) is 11.9 Å². The lowest BCUT2D eigenvalue weighted by molar-refractivity contribution is 0.102. The number of nitrogens with one attached hydrogen (secondary N) is 2. The van der Waals surface area contributed by atoms with Crippen LogP contribution in [0.5, 0.6) is 5.75 Å². The largest absolute Gasteiger partial charge is 0.493 e. The lowest BCUT2D eigenvalue weighted by atomic mass is 10.2.